The molecule has 0 aliphatic rings. The second-order valence-corrected chi connectivity index (χ2v) is 4.30. The molecule has 19 heavy (non-hydrogen) atoms. The van der Waals surface area contributed by atoms with Crippen LogP contribution in [0.3, 0.4) is 0 Å². The third-order valence-electron chi connectivity index (χ3n) is 2.90. The van der Waals surface area contributed by atoms with Crippen molar-refractivity contribution in [3.8, 4) is 0 Å². The number of aryl methyl sites for hydroxylation is 1. The van der Waals surface area contributed by atoms with Crippen LogP contribution in [-0.4, -0.2) is 22.1 Å². The first-order chi connectivity index (χ1) is 9.16. The Balaban J connectivity index is 1.79. The molecular formula is C14H17N3O2. The van der Waals surface area contributed by atoms with E-state index in [9.17, 15) is 4.79 Å². The van der Waals surface area contributed by atoms with Crippen molar-refractivity contribution in [3.05, 3.63) is 48.0 Å². The molecule has 0 fully saturated rings. The van der Waals surface area contributed by atoms with Gasteiger partial charge in [0.2, 0.25) is 0 Å². The monoisotopic (exact) mass is 259 g/mol. The van der Waals surface area contributed by atoms with E-state index in [2.05, 4.69) is 4.98 Å². The average Bonchev–Trinajstić information content (AvgIpc) is 2.78. The van der Waals surface area contributed by atoms with Gasteiger partial charge in [-0.05, 0) is 11.6 Å². The second-order valence-electron chi connectivity index (χ2n) is 4.30. The number of nitrogen functional groups attached to an aromatic ring is 1. The molecule has 0 spiro atoms. The average molecular weight is 259 g/mol. The van der Waals surface area contributed by atoms with Gasteiger partial charge in [0, 0.05) is 31.5 Å². The minimum Gasteiger partial charge on any atom is -0.465 e. The van der Waals surface area contributed by atoms with E-state index in [1.165, 1.54) is 0 Å². The smallest absolute Gasteiger partial charge is 0.310 e. The zero-order valence-corrected chi connectivity index (χ0v) is 10.9. The van der Waals surface area contributed by atoms with Gasteiger partial charge in [0.25, 0.3) is 0 Å². The van der Waals surface area contributed by atoms with Crippen molar-refractivity contribution in [2.45, 2.75) is 12.8 Å². The van der Waals surface area contributed by atoms with E-state index in [4.69, 9.17) is 10.5 Å². The third kappa shape index (κ3) is 3.58. The summed E-state index contributed by atoms with van der Waals surface area (Å²) in [6, 6.07) is 7.30. The van der Waals surface area contributed by atoms with E-state index in [0.29, 0.717) is 18.7 Å². The molecule has 5 heteroatoms. The summed E-state index contributed by atoms with van der Waals surface area (Å²) in [4.78, 5) is 15.8. The van der Waals surface area contributed by atoms with Crippen molar-refractivity contribution in [3.63, 3.8) is 0 Å². The largest absolute Gasteiger partial charge is 0.465 e. The van der Waals surface area contributed by atoms with Crippen molar-refractivity contribution < 1.29 is 9.53 Å². The van der Waals surface area contributed by atoms with E-state index in [-0.39, 0.29) is 12.4 Å². The van der Waals surface area contributed by atoms with Gasteiger partial charge < -0.3 is 15.0 Å². The highest BCUT2D eigenvalue weighted by molar-refractivity contribution is 5.74. The Labute approximate surface area is 112 Å². The number of carbonyl (C=O) groups excluding carboxylic acids is 1. The normalized spacial score (nSPS) is 10.4. The molecule has 0 amide bonds. The number of nitrogens with zero attached hydrogens (tertiary/aromatic N) is 2. The number of para-hydroxylation sites is 1. The van der Waals surface area contributed by atoms with E-state index in [1.54, 1.807) is 12.3 Å². The summed E-state index contributed by atoms with van der Waals surface area (Å²) in [6.45, 7) is 0.330. The van der Waals surface area contributed by atoms with Gasteiger partial charge in [0.05, 0.1) is 13.0 Å². The summed E-state index contributed by atoms with van der Waals surface area (Å²) in [5.74, 6) is 0.624. The molecule has 0 radical (unpaired) electrons. The van der Waals surface area contributed by atoms with Gasteiger partial charge in [0.1, 0.15) is 5.82 Å². The lowest BCUT2D eigenvalue weighted by Gasteiger charge is -2.06. The third-order valence-corrected chi connectivity index (χ3v) is 2.90. The van der Waals surface area contributed by atoms with Gasteiger partial charge in [-0.1, -0.05) is 18.2 Å². The van der Waals surface area contributed by atoms with Crippen LogP contribution in [0.1, 0.15) is 11.4 Å². The van der Waals surface area contributed by atoms with E-state index in [0.717, 1.165) is 11.4 Å². The predicted molar refractivity (Wildman–Crippen MR) is 72.4 cm³/mol. The fourth-order valence-corrected chi connectivity index (χ4v) is 1.80. The van der Waals surface area contributed by atoms with Crippen molar-refractivity contribution in [1.82, 2.24) is 9.55 Å². The highest BCUT2D eigenvalue weighted by atomic mass is 16.5. The maximum Gasteiger partial charge on any atom is 0.310 e. The van der Waals surface area contributed by atoms with Crippen LogP contribution in [0.5, 0.6) is 0 Å². The molecule has 2 aromatic rings. The summed E-state index contributed by atoms with van der Waals surface area (Å²) < 4.78 is 7.09. The van der Waals surface area contributed by atoms with Gasteiger partial charge in [-0.3, -0.25) is 4.79 Å². The zero-order chi connectivity index (χ0) is 13.7. The molecular weight excluding hydrogens is 242 g/mol. The summed E-state index contributed by atoms with van der Waals surface area (Å²) in [5.41, 5.74) is 7.18. The predicted octanol–water partition coefficient (Wildman–Crippen LogP) is 1.33. The topological polar surface area (TPSA) is 70.1 Å². The molecule has 0 aliphatic heterocycles. The molecule has 0 saturated heterocycles. The van der Waals surface area contributed by atoms with Gasteiger partial charge in [-0.15, -0.1) is 0 Å². The van der Waals surface area contributed by atoms with Crippen LogP contribution in [0.15, 0.2) is 36.7 Å². The van der Waals surface area contributed by atoms with Crippen LogP contribution >= 0.6 is 0 Å². The number of carbonyl (C=O) groups is 1. The van der Waals surface area contributed by atoms with Crippen molar-refractivity contribution in [2.24, 2.45) is 7.05 Å². The van der Waals surface area contributed by atoms with Crippen LogP contribution in [-0.2, 0) is 29.4 Å². The minimum atomic E-state index is -0.271. The standard InChI is InChI=1S/C14H17N3O2/c1-17-8-7-16-13(17)6-9-19-14(18)10-11-4-2-3-5-12(11)15/h2-5,7-8H,6,9-10,15H2,1H3. The Kier molecular flexibility index (Phi) is 4.18. The molecule has 0 saturated carbocycles. The summed E-state index contributed by atoms with van der Waals surface area (Å²) in [6.07, 6.45) is 4.40. The number of imidazole rings is 1. The first-order valence-electron chi connectivity index (χ1n) is 6.12. The zero-order valence-electron chi connectivity index (χ0n) is 10.9. The fourth-order valence-electron chi connectivity index (χ4n) is 1.80. The highest BCUT2D eigenvalue weighted by Gasteiger charge is 2.08. The number of ether oxygens (including phenoxy) is 1. The van der Waals surface area contributed by atoms with Gasteiger partial charge >= 0.3 is 5.97 Å². The molecule has 2 N–H and O–H groups in total. The Morgan fingerprint density at radius 2 is 2.21 bits per heavy atom. The van der Waals surface area contributed by atoms with Crippen molar-refractivity contribution >= 4 is 11.7 Å². The number of nitrogens with two attached hydrogens (primary N) is 1. The number of esters is 1. The first kappa shape index (κ1) is 13.1. The van der Waals surface area contributed by atoms with Crippen LogP contribution in [0.2, 0.25) is 0 Å². The minimum absolute atomic E-state index is 0.202. The summed E-state index contributed by atoms with van der Waals surface area (Å²) >= 11 is 0. The lowest BCUT2D eigenvalue weighted by atomic mass is 10.1. The van der Waals surface area contributed by atoms with Crippen molar-refractivity contribution in [1.29, 1.82) is 0 Å². The quantitative estimate of drug-likeness (QED) is 0.649. The van der Waals surface area contributed by atoms with Crippen LogP contribution < -0.4 is 5.73 Å². The molecule has 1 heterocycles. The van der Waals surface area contributed by atoms with E-state index >= 15 is 0 Å². The summed E-state index contributed by atoms with van der Waals surface area (Å²) in [5, 5.41) is 0. The van der Waals surface area contributed by atoms with E-state index < -0.39 is 0 Å². The van der Waals surface area contributed by atoms with Crippen LogP contribution in [0.4, 0.5) is 5.69 Å². The number of hydrogen-bond acceptors (Lipinski definition) is 4. The van der Waals surface area contributed by atoms with Gasteiger partial charge in [-0.25, -0.2) is 4.98 Å². The maximum atomic E-state index is 11.7. The SMILES string of the molecule is Cn1ccnc1CCOC(=O)Cc1ccccc1N. The molecule has 5 nitrogen and oxygen atoms in total. The number of rotatable bonds is 5. The molecule has 0 unspecified atom stereocenters. The lowest BCUT2D eigenvalue weighted by molar-refractivity contribution is -0.142. The van der Waals surface area contributed by atoms with Crippen molar-refractivity contribution in [2.75, 3.05) is 12.3 Å². The van der Waals surface area contributed by atoms with Crippen LogP contribution in [0.25, 0.3) is 0 Å². The van der Waals surface area contributed by atoms with E-state index in [1.807, 2.05) is 36.0 Å². The Morgan fingerprint density at radius 3 is 2.89 bits per heavy atom. The molecule has 0 atom stereocenters. The molecule has 0 bridgehead atoms. The summed E-state index contributed by atoms with van der Waals surface area (Å²) in [7, 11) is 1.91. The number of aromatic nitrogens is 2. The molecule has 1 aromatic heterocycles. The Hall–Kier alpha value is -2.30. The number of anilines is 1. The Morgan fingerprint density at radius 1 is 1.42 bits per heavy atom. The highest BCUT2D eigenvalue weighted by Crippen LogP contribution is 2.11. The maximum absolute atomic E-state index is 11.7. The molecule has 2 rings (SSSR count). The molecule has 0 aliphatic carbocycles. The second kappa shape index (κ2) is 6.04. The number of hydrogen-bond donors (Lipinski definition) is 1. The van der Waals surface area contributed by atoms with Gasteiger partial charge in [-0.2, -0.15) is 0 Å². The van der Waals surface area contributed by atoms with Crippen LogP contribution in [0, 0.1) is 0 Å². The number of benzene rings is 1. The lowest BCUT2D eigenvalue weighted by Crippen LogP contribution is -2.12. The van der Waals surface area contributed by atoms with Gasteiger partial charge in [0.15, 0.2) is 0 Å². The molecule has 1 aromatic carbocycles. The first-order valence-corrected chi connectivity index (χ1v) is 6.12. The Bertz CT molecular complexity index is 563. The fraction of sp³-hybridized carbons (Fsp3) is 0.286. The molecule has 100 valence electrons.